The molecule has 0 aromatic heterocycles. The molecule has 1 aliphatic carbocycles. The Bertz CT molecular complexity index is 207. The highest BCUT2D eigenvalue weighted by Gasteiger charge is 2.43. The summed E-state index contributed by atoms with van der Waals surface area (Å²) in [6.07, 6.45) is 1.96. The molecule has 0 radical (unpaired) electrons. The van der Waals surface area contributed by atoms with Gasteiger partial charge in [-0.2, -0.15) is 0 Å². The number of alkyl halides is 2. The average Bonchev–Trinajstić information content (AvgIpc) is 2.35. The number of hydrogen-bond acceptors (Lipinski definition) is 2. The van der Waals surface area contributed by atoms with Crippen LogP contribution in [0.5, 0.6) is 0 Å². The van der Waals surface area contributed by atoms with E-state index in [2.05, 4.69) is 31.9 Å². The molecule has 0 aromatic carbocycles. The number of hydrogen-bond donors (Lipinski definition) is 0. The summed E-state index contributed by atoms with van der Waals surface area (Å²) in [5.41, 5.74) is 0. The van der Waals surface area contributed by atoms with Crippen LogP contribution < -0.4 is 0 Å². The van der Waals surface area contributed by atoms with Crippen LogP contribution in [0.3, 0.4) is 0 Å². The molecule has 2 aliphatic rings. The van der Waals surface area contributed by atoms with Crippen LogP contribution in [0.2, 0.25) is 0 Å². The zero-order valence-electron chi connectivity index (χ0n) is 6.50. The van der Waals surface area contributed by atoms with Gasteiger partial charge in [0.25, 0.3) is 0 Å². The van der Waals surface area contributed by atoms with Crippen LogP contribution in [-0.2, 0) is 9.53 Å². The molecule has 4 atom stereocenters. The van der Waals surface area contributed by atoms with Crippen LogP contribution in [0.4, 0.5) is 0 Å². The zero-order valence-corrected chi connectivity index (χ0v) is 9.68. The lowest BCUT2D eigenvalue weighted by Crippen LogP contribution is -2.33. The fraction of sp³-hybridized carbons (Fsp3) is 0.875. The smallest absolute Gasteiger partial charge is 0.309 e. The highest BCUT2D eigenvalue weighted by atomic mass is 79.9. The Kier molecular flexibility index (Phi) is 2.47. The number of esters is 1. The van der Waals surface area contributed by atoms with Crippen LogP contribution in [0.1, 0.15) is 12.8 Å². The van der Waals surface area contributed by atoms with Crippen molar-refractivity contribution in [2.24, 2.45) is 11.8 Å². The van der Waals surface area contributed by atoms with Gasteiger partial charge in [-0.25, -0.2) is 0 Å². The van der Waals surface area contributed by atoms with E-state index in [1.165, 1.54) is 0 Å². The summed E-state index contributed by atoms with van der Waals surface area (Å²) in [6, 6.07) is 0. The Morgan fingerprint density at radius 1 is 1.25 bits per heavy atom. The van der Waals surface area contributed by atoms with Gasteiger partial charge in [-0.05, 0) is 12.8 Å². The summed E-state index contributed by atoms with van der Waals surface area (Å²) in [5.74, 6) is 0.614. The van der Waals surface area contributed by atoms with Crippen molar-refractivity contribution in [3.8, 4) is 0 Å². The summed E-state index contributed by atoms with van der Waals surface area (Å²) in [7, 11) is 0. The van der Waals surface area contributed by atoms with Gasteiger partial charge < -0.3 is 4.74 Å². The molecule has 0 unspecified atom stereocenters. The number of halogens is 2. The minimum Gasteiger partial charge on any atom is -0.465 e. The number of cyclic esters (lactones) is 1. The number of fused-ring (bicyclic) bond motifs is 1. The quantitative estimate of drug-likeness (QED) is 0.506. The number of rotatable bonds is 0. The molecular formula is C8H10Br2O2. The third-order valence-corrected chi connectivity index (χ3v) is 5.44. The first-order valence-corrected chi connectivity index (χ1v) is 5.96. The first-order chi connectivity index (χ1) is 5.68. The standard InChI is InChI=1S/C8H10Br2O2/c9-6-1-4-3-12-8(11)5(4)2-7(6)10/h4-7H,1-3H2/t4-,5-,6-,7-/m1/s1. The summed E-state index contributed by atoms with van der Waals surface area (Å²) in [6.45, 7) is 0.630. The summed E-state index contributed by atoms with van der Waals surface area (Å²) in [4.78, 5) is 12.1. The number of carbonyl (C=O) groups excluding carboxylic acids is 1. The van der Waals surface area contributed by atoms with Crippen molar-refractivity contribution in [2.75, 3.05) is 6.61 Å². The van der Waals surface area contributed by atoms with Gasteiger partial charge in [-0.1, -0.05) is 31.9 Å². The topological polar surface area (TPSA) is 26.3 Å². The van der Waals surface area contributed by atoms with E-state index in [4.69, 9.17) is 4.74 Å². The van der Waals surface area contributed by atoms with Crippen molar-refractivity contribution in [1.82, 2.24) is 0 Å². The molecule has 0 N–H and O–H groups in total. The van der Waals surface area contributed by atoms with Gasteiger partial charge >= 0.3 is 5.97 Å². The lowest BCUT2D eigenvalue weighted by molar-refractivity contribution is -0.141. The van der Waals surface area contributed by atoms with Crippen molar-refractivity contribution < 1.29 is 9.53 Å². The molecule has 1 saturated carbocycles. The highest BCUT2D eigenvalue weighted by molar-refractivity contribution is 9.12. The SMILES string of the molecule is O=C1OC[C@H]2C[C@@H](Br)[C@H](Br)C[C@@H]12. The van der Waals surface area contributed by atoms with Crippen molar-refractivity contribution in [3.05, 3.63) is 0 Å². The van der Waals surface area contributed by atoms with Crippen molar-refractivity contribution in [2.45, 2.75) is 22.5 Å². The normalized spacial score (nSPS) is 47.0. The van der Waals surface area contributed by atoms with E-state index in [-0.39, 0.29) is 11.9 Å². The van der Waals surface area contributed by atoms with Gasteiger partial charge in [-0.15, -0.1) is 0 Å². The molecule has 2 fully saturated rings. The van der Waals surface area contributed by atoms with Crippen molar-refractivity contribution >= 4 is 37.8 Å². The molecule has 0 aromatic rings. The van der Waals surface area contributed by atoms with Crippen LogP contribution in [0.25, 0.3) is 0 Å². The Morgan fingerprint density at radius 3 is 2.67 bits per heavy atom. The lowest BCUT2D eigenvalue weighted by Gasteiger charge is -2.29. The second kappa shape index (κ2) is 3.29. The second-order valence-electron chi connectivity index (χ2n) is 3.50. The van der Waals surface area contributed by atoms with Gasteiger partial charge in [0.15, 0.2) is 0 Å². The minimum atomic E-state index is 0.00356. The van der Waals surface area contributed by atoms with Crippen molar-refractivity contribution in [1.29, 1.82) is 0 Å². The molecule has 0 spiro atoms. The molecule has 2 rings (SSSR count). The molecule has 4 heteroatoms. The van der Waals surface area contributed by atoms with Crippen LogP contribution in [-0.4, -0.2) is 22.2 Å². The predicted molar refractivity (Wildman–Crippen MR) is 52.6 cm³/mol. The van der Waals surface area contributed by atoms with E-state index in [1.54, 1.807) is 0 Å². The molecule has 0 amide bonds. The van der Waals surface area contributed by atoms with E-state index in [0.717, 1.165) is 12.8 Å². The first-order valence-electron chi connectivity index (χ1n) is 4.13. The monoisotopic (exact) mass is 296 g/mol. The van der Waals surface area contributed by atoms with Gasteiger partial charge in [0.2, 0.25) is 0 Å². The fourth-order valence-electron chi connectivity index (χ4n) is 1.95. The van der Waals surface area contributed by atoms with Gasteiger partial charge in [0.05, 0.1) is 12.5 Å². The second-order valence-corrected chi connectivity index (χ2v) is 5.85. The zero-order chi connectivity index (χ0) is 8.72. The molecular weight excluding hydrogens is 288 g/mol. The molecule has 68 valence electrons. The Morgan fingerprint density at radius 2 is 1.92 bits per heavy atom. The molecule has 1 aliphatic heterocycles. The van der Waals surface area contributed by atoms with Crippen molar-refractivity contribution in [3.63, 3.8) is 0 Å². The van der Waals surface area contributed by atoms with Crippen LogP contribution >= 0.6 is 31.9 Å². The predicted octanol–water partition coefficient (Wildman–Crippen LogP) is 2.10. The summed E-state index contributed by atoms with van der Waals surface area (Å²) in [5, 5.41) is 0. The van der Waals surface area contributed by atoms with Crippen LogP contribution in [0.15, 0.2) is 0 Å². The average molecular weight is 298 g/mol. The third kappa shape index (κ3) is 1.43. The Balaban J connectivity index is 2.09. The number of ether oxygens (including phenoxy) is 1. The van der Waals surface area contributed by atoms with E-state index in [9.17, 15) is 4.79 Å². The fourth-order valence-corrected chi connectivity index (χ4v) is 3.27. The molecule has 12 heavy (non-hydrogen) atoms. The maximum absolute atomic E-state index is 11.2. The Hall–Kier alpha value is 0.430. The lowest BCUT2D eigenvalue weighted by atomic mass is 9.81. The van der Waals surface area contributed by atoms with Gasteiger partial charge in [0.1, 0.15) is 0 Å². The molecule has 1 heterocycles. The maximum Gasteiger partial charge on any atom is 0.309 e. The van der Waals surface area contributed by atoms with Gasteiger partial charge in [-0.3, -0.25) is 4.79 Å². The summed E-state index contributed by atoms with van der Waals surface area (Å²) < 4.78 is 5.02. The van der Waals surface area contributed by atoms with Gasteiger partial charge in [0, 0.05) is 15.6 Å². The molecule has 2 nitrogen and oxygen atoms in total. The van der Waals surface area contributed by atoms with E-state index in [0.29, 0.717) is 22.2 Å². The number of carbonyl (C=O) groups is 1. The third-order valence-electron chi connectivity index (χ3n) is 2.71. The first kappa shape index (κ1) is 9.00. The van der Waals surface area contributed by atoms with Crippen LogP contribution in [0, 0.1) is 11.8 Å². The summed E-state index contributed by atoms with van der Waals surface area (Å²) >= 11 is 7.16. The maximum atomic E-state index is 11.2. The minimum absolute atomic E-state index is 0.00356. The molecule has 0 bridgehead atoms. The van der Waals surface area contributed by atoms with E-state index >= 15 is 0 Å². The van der Waals surface area contributed by atoms with E-state index < -0.39 is 0 Å². The largest absolute Gasteiger partial charge is 0.465 e. The molecule has 1 saturated heterocycles. The highest BCUT2D eigenvalue weighted by Crippen LogP contribution is 2.41. The van der Waals surface area contributed by atoms with E-state index in [1.807, 2.05) is 0 Å². The Labute approximate surface area is 88.3 Å².